The van der Waals surface area contributed by atoms with Crippen molar-refractivity contribution in [1.29, 1.82) is 0 Å². The first kappa shape index (κ1) is 24.4. The third-order valence-corrected chi connectivity index (χ3v) is 7.45. The van der Waals surface area contributed by atoms with Crippen LogP contribution >= 0.6 is 34.8 Å². The Bertz CT molecular complexity index is 1220. The van der Waals surface area contributed by atoms with Crippen LogP contribution in [0.1, 0.15) is 34.7 Å². The molecule has 2 unspecified atom stereocenters. The number of carbonyl (C=O) groups is 1. The number of amides is 1. The topological polar surface area (TPSA) is 91.5 Å². The van der Waals surface area contributed by atoms with Gasteiger partial charge in [0, 0.05) is 39.5 Å². The molecular formula is C24H26IN5O3S. The van der Waals surface area contributed by atoms with Crippen LogP contribution in [0.3, 0.4) is 0 Å². The van der Waals surface area contributed by atoms with E-state index < -0.39 is 0 Å². The fourth-order valence-corrected chi connectivity index (χ4v) is 5.51. The zero-order valence-corrected chi connectivity index (χ0v) is 22.3. The van der Waals surface area contributed by atoms with Gasteiger partial charge in [-0.3, -0.25) is 9.78 Å². The van der Waals surface area contributed by atoms with Crippen molar-refractivity contribution in [3.8, 4) is 5.75 Å². The zero-order valence-electron chi connectivity index (χ0n) is 19.3. The summed E-state index contributed by atoms with van der Waals surface area (Å²) in [6.45, 7) is 4.08. The standard InChI is InChI=1S/C24H26IN5O3S/c1-13-20(21(25)14(2)27-13)23-22(16-7-5-6-10-26-16)29-24(34)30(23)15-8-9-18(33-4)17(11-15)28-19(31)12-32-3/h5-11,22-23,27H,12H2,1-4H3,(H,28,31)(H,29,34). The van der Waals surface area contributed by atoms with Crippen LogP contribution in [0.4, 0.5) is 11.4 Å². The molecule has 0 spiro atoms. The second kappa shape index (κ2) is 10.3. The van der Waals surface area contributed by atoms with Crippen LogP contribution in [0.2, 0.25) is 0 Å². The van der Waals surface area contributed by atoms with Gasteiger partial charge in [-0.25, -0.2) is 0 Å². The predicted molar refractivity (Wildman–Crippen MR) is 144 cm³/mol. The first-order chi connectivity index (χ1) is 16.3. The maximum Gasteiger partial charge on any atom is 0.250 e. The molecule has 8 nitrogen and oxygen atoms in total. The van der Waals surface area contributed by atoms with E-state index in [0.29, 0.717) is 16.5 Å². The minimum absolute atomic E-state index is 0.0541. The molecule has 0 saturated carbocycles. The highest BCUT2D eigenvalue weighted by Crippen LogP contribution is 2.45. The van der Waals surface area contributed by atoms with E-state index in [1.807, 2.05) is 36.4 Å². The van der Waals surface area contributed by atoms with Crippen molar-refractivity contribution in [3.63, 3.8) is 0 Å². The number of methoxy groups -OCH3 is 2. The average Bonchev–Trinajstić information content (AvgIpc) is 3.28. The lowest BCUT2D eigenvalue weighted by atomic mass is 9.96. The van der Waals surface area contributed by atoms with Gasteiger partial charge in [-0.15, -0.1) is 0 Å². The van der Waals surface area contributed by atoms with Gasteiger partial charge in [0.25, 0.3) is 0 Å². The lowest BCUT2D eigenvalue weighted by Gasteiger charge is -2.29. The van der Waals surface area contributed by atoms with Crippen LogP contribution in [0.15, 0.2) is 42.6 Å². The molecule has 1 amide bonds. The van der Waals surface area contributed by atoms with Gasteiger partial charge in [0.1, 0.15) is 12.4 Å². The number of nitrogens with one attached hydrogen (secondary N) is 3. The molecule has 4 rings (SSSR count). The number of rotatable bonds is 7. The summed E-state index contributed by atoms with van der Waals surface area (Å²) in [5.41, 5.74) is 5.60. The van der Waals surface area contributed by atoms with Crippen molar-refractivity contribution in [2.24, 2.45) is 0 Å². The van der Waals surface area contributed by atoms with Crippen LogP contribution < -0.4 is 20.3 Å². The van der Waals surface area contributed by atoms with E-state index in [0.717, 1.165) is 31.9 Å². The van der Waals surface area contributed by atoms with E-state index in [-0.39, 0.29) is 24.6 Å². The number of H-pyrrole nitrogens is 1. The SMILES string of the molecule is COCC(=O)Nc1cc(N2C(=S)NC(c3ccccn3)C2c2c(C)[nH]c(C)c2I)ccc1OC. The van der Waals surface area contributed by atoms with Crippen molar-refractivity contribution in [2.75, 3.05) is 31.0 Å². The number of benzene rings is 1. The van der Waals surface area contributed by atoms with Crippen LogP contribution in [0, 0.1) is 17.4 Å². The molecule has 10 heteroatoms. The number of hydrogen-bond acceptors (Lipinski definition) is 5. The molecule has 2 atom stereocenters. The number of anilines is 2. The summed E-state index contributed by atoms with van der Waals surface area (Å²) in [4.78, 5) is 22.4. The van der Waals surface area contributed by atoms with Crippen LogP contribution in [-0.2, 0) is 9.53 Å². The Kier molecular flexibility index (Phi) is 7.39. The highest BCUT2D eigenvalue weighted by molar-refractivity contribution is 14.1. The number of aromatic nitrogens is 2. The van der Waals surface area contributed by atoms with Crippen LogP contribution in [-0.4, -0.2) is 41.8 Å². The number of ether oxygens (including phenoxy) is 2. The van der Waals surface area contributed by atoms with Crippen molar-refractivity contribution in [2.45, 2.75) is 25.9 Å². The molecule has 1 saturated heterocycles. The van der Waals surface area contributed by atoms with Gasteiger partial charge in [-0.2, -0.15) is 0 Å². The Hall–Kier alpha value is -2.70. The molecule has 1 aromatic carbocycles. The van der Waals surface area contributed by atoms with E-state index >= 15 is 0 Å². The maximum atomic E-state index is 12.2. The van der Waals surface area contributed by atoms with Gasteiger partial charge in [-0.1, -0.05) is 6.07 Å². The first-order valence-electron chi connectivity index (χ1n) is 10.7. The Labute approximate surface area is 217 Å². The number of thiocarbonyl (C=S) groups is 1. The Morgan fingerprint density at radius 1 is 1.24 bits per heavy atom. The lowest BCUT2D eigenvalue weighted by molar-refractivity contribution is -0.119. The number of pyridine rings is 1. The molecule has 3 N–H and O–H groups in total. The summed E-state index contributed by atoms with van der Waals surface area (Å²) in [6.07, 6.45) is 1.79. The molecule has 1 fully saturated rings. The highest BCUT2D eigenvalue weighted by atomic mass is 127. The normalized spacial score (nSPS) is 17.6. The quantitative estimate of drug-likeness (QED) is 0.277. The van der Waals surface area contributed by atoms with Gasteiger partial charge < -0.3 is 30.0 Å². The Balaban J connectivity index is 1.84. The molecular weight excluding hydrogens is 565 g/mol. The minimum atomic E-state index is -0.269. The molecule has 1 aliphatic heterocycles. The second-order valence-electron chi connectivity index (χ2n) is 7.97. The Morgan fingerprint density at radius 2 is 2.03 bits per heavy atom. The molecule has 1 aliphatic rings. The van der Waals surface area contributed by atoms with E-state index in [9.17, 15) is 4.79 Å². The van der Waals surface area contributed by atoms with E-state index in [1.165, 1.54) is 7.11 Å². The molecule has 3 aromatic rings. The van der Waals surface area contributed by atoms with Crippen molar-refractivity contribution in [1.82, 2.24) is 15.3 Å². The second-order valence-corrected chi connectivity index (χ2v) is 9.43. The van der Waals surface area contributed by atoms with E-state index in [4.69, 9.17) is 21.7 Å². The van der Waals surface area contributed by atoms with E-state index in [2.05, 4.69) is 61.9 Å². The summed E-state index contributed by atoms with van der Waals surface area (Å²) >= 11 is 8.22. The molecule has 0 aliphatic carbocycles. The molecule has 0 radical (unpaired) electrons. The van der Waals surface area contributed by atoms with Gasteiger partial charge in [-0.05, 0) is 79.0 Å². The monoisotopic (exact) mass is 591 g/mol. The number of carbonyl (C=O) groups excluding carboxylic acids is 1. The third-order valence-electron chi connectivity index (χ3n) is 5.75. The van der Waals surface area contributed by atoms with Crippen molar-refractivity contribution < 1.29 is 14.3 Å². The molecule has 178 valence electrons. The van der Waals surface area contributed by atoms with Crippen molar-refractivity contribution in [3.05, 3.63) is 68.8 Å². The summed E-state index contributed by atoms with van der Waals surface area (Å²) in [5, 5.41) is 6.92. The summed E-state index contributed by atoms with van der Waals surface area (Å²) in [7, 11) is 3.05. The molecule has 2 aromatic heterocycles. The summed E-state index contributed by atoms with van der Waals surface area (Å²) in [6, 6.07) is 11.2. The molecule has 34 heavy (non-hydrogen) atoms. The first-order valence-corrected chi connectivity index (χ1v) is 12.2. The highest BCUT2D eigenvalue weighted by Gasteiger charge is 2.43. The van der Waals surface area contributed by atoms with E-state index in [1.54, 1.807) is 13.3 Å². The van der Waals surface area contributed by atoms with Gasteiger partial charge in [0.2, 0.25) is 5.91 Å². The lowest BCUT2D eigenvalue weighted by Crippen LogP contribution is -2.30. The number of nitrogens with zero attached hydrogens (tertiary/aromatic N) is 2. The van der Waals surface area contributed by atoms with Crippen molar-refractivity contribution >= 4 is 57.2 Å². The van der Waals surface area contributed by atoms with Gasteiger partial charge in [0.05, 0.1) is 30.6 Å². The number of aryl methyl sites for hydroxylation is 2. The Morgan fingerprint density at radius 3 is 2.65 bits per heavy atom. The smallest absolute Gasteiger partial charge is 0.250 e. The zero-order chi connectivity index (χ0) is 24.4. The summed E-state index contributed by atoms with van der Waals surface area (Å²) in [5.74, 6) is 0.280. The third kappa shape index (κ3) is 4.62. The summed E-state index contributed by atoms with van der Waals surface area (Å²) < 4.78 is 11.6. The average molecular weight is 591 g/mol. The minimum Gasteiger partial charge on any atom is -0.495 e. The fraction of sp³-hybridized carbons (Fsp3) is 0.292. The largest absolute Gasteiger partial charge is 0.495 e. The van der Waals surface area contributed by atoms with Gasteiger partial charge >= 0.3 is 0 Å². The maximum absolute atomic E-state index is 12.2. The van der Waals surface area contributed by atoms with Crippen LogP contribution in [0.25, 0.3) is 0 Å². The molecule has 3 heterocycles. The predicted octanol–water partition coefficient (Wildman–Crippen LogP) is 4.40. The molecule has 0 bridgehead atoms. The number of aromatic amines is 1. The number of hydrogen-bond donors (Lipinski definition) is 3. The van der Waals surface area contributed by atoms with Gasteiger partial charge in [0.15, 0.2) is 5.11 Å². The van der Waals surface area contributed by atoms with Crippen LogP contribution in [0.5, 0.6) is 5.75 Å². The fourth-order valence-electron chi connectivity index (χ4n) is 4.31. The number of halogens is 1.